The van der Waals surface area contributed by atoms with Crippen molar-refractivity contribution in [1.29, 1.82) is 0 Å². The molecule has 0 aliphatic carbocycles. The van der Waals surface area contributed by atoms with Gasteiger partial charge in [0.25, 0.3) is 0 Å². The van der Waals surface area contributed by atoms with Crippen LogP contribution in [-0.4, -0.2) is 31.8 Å². The van der Waals surface area contributed by atoms with Crippen molar-refractivity contribution in [2.24, 2.45) is 11.3 Å². The van der Waals surface area contributed by atoms with Gasteiger partial charge in [-0.25, -0.2) is 4.98 Å². The van der Waals surface area contributed by atoms with Crippen LogP contribution in [0.15, 0.2) is 10.6 Å². The fraction of sp³-hybridized carbons (Fsp3) is 0.812. The second-order valence-electron chi connectivity index (χ2n) is 6.54. The molecule has 1 heterocycles. The van der Waals surface area contributed by atoms with Gasteiger partial charge in [0.2, 0.25) is 0 Å². The minimum Gasteiger partial charge on any atom is -0.446 e. The van der Waals surface area contributed by atoms with Gasteiger partial charge in [-0.3, -0.25) is 0 Å². The summed E-state index contributed by atoms with van der Waals surface area (Å²) in [7, 11) is 1.72. The topological polar surface area (TPSA) is 47.3 Å². The van der Waals surface area contributed by atoms with Crippen LogP contribution in [0.2, 0.25) is 0 Å². The summed E-state index contributed by atoms with van der Waals surface area (Å²) >= 11 is 0. The maximum absolute atomic E-state index is 5.81. The number of nitrogens with zero attached hydrogens (tertiary/aromatic N) is 1. The highest BCUT2D eigenvalue weighted by molar-refractivity contribution is 4.97. The summed E-state index contributed by atoms with van der Waals surface area (Å²) in [5, 5.41) is 3.32. The van der Waals surface area contributed by atoms with Crippen LogP contribution in [0.4, 0.5) is 0 Å². The normalized spacial score (nSPS) is 13.7. The number of methoxy groups -OCH3 is 1. The first-order chi connectivity index (χ1) is 9.43. The molecule has 1 aromatic rings. The third-order valence-electron chi connectivity index (χ3n) is 3.81. The molecule has 4 heteroatoms. The van der Waals surface area contributed by atoms with Crippen LogP contribution >= 0.6 is 0 Å². The predicted molar refractivity (Wildman–Crippen MR) is 81.9 cm³/mol. The van der Waals surface area contributed by atoms with Crippen molar-refractivity contribution in [3.63, 3.8) is 0 Å². The molecule has 0 aliphatic heterocycles. The zero-order valence-electron chi connectivity index (χ0n) is 13.7. The number of ether oxygens (including phenoxy) is 1. The SMILES string of the molecule is COCCNCCCc1ncc(CC(C)C(C)(C)C)o1. The number of hydrogen-bond acceptors (Lipinski definition) is 4. The molecular weight excluding hydrogens is 252 g/mol. The molecule has 20 heavy (non-hydrogen) atoms. The van der Waals surface area contributed by atoms with Gasteiger partial charge in [0, 0.05) is 26.5 Å². The number of hydrogen-bond donors (Lipinski definition) is 1. The van der Waals surface area contributed by atoms with Crippen molar-refractivity contribution < 1.29 is 9.15 Å². The minimum absolute atomic E-state index is 0.304. The lowest BCUT2D eigenvalue weighted by Gasteiger charge is -2.26. The lowest BCUT2D eigenvalue weighted by Crippen LogP contribution is -2.20. The van der Waals surface area contributed by atoms with Crippen LogP contribution in [0, 0.1) is 11.3 Å². The number of rotatable bonds is 9. The van der Waals surface area contributed by atoms with Gasteiger partial charge in [0.15, 0.2) is 5.89 Å². The molecule has 0 saturated heterocycles. The highest BCUT2D eigenvalue weighted by Gasteiger charge is 2.21. The quantitative estimate of drug-likeness (QED) is 0.707. The Morgan fingerprint density at radius 2 is 2.10 bits per heavy atom. The fourth-order valence-corrected chi connectivity index (χ4v) is 1.83. The minimum atomic E-state index is 0.304. The second kappa shape index (κ2) is 8.42. The third kappa shape index (κ3) is 6.53. The largest absolute Gasteiger partial charge is 0.446 e. The van der Waals surface area contributed by atoms with Crippen LogP contribution in [0.5, 0.6) is 0 Å². The van der Waals surface area contributed by atoms with E-state index in [1.807, 2.05) is 6.20 Å². The third-order valence-corrected chi connectivity index (χ3v) is 3.81. The molecule has 0 bridgehead atoms. The summed E-state index contributed by atoms with van der Waals surface area (Å²) in [4.78, 5) is 4.37. The summed E-state index contributed by atoms with van der Waals surface area (Å²) in [6.07, 6.45) is 4.78. The van der Waals surface area contributed by atoms with Crippen LogP contribution in [0.25, 0.3) is 0 Å². The molecule has 0 aliphatic rings. The Kier molecular flexibility index (Phi) is 7.24. The molecule has 0 spiro atoms. The van der Waals surface area contributed by atoms with Gasteiger partial charge in [-0.05, 0) is 24.3 Å². The maximum Gasteiger partial charge on any atom is 0.194 e. The Morgan fingerprint density at radius 3 is 2.75 bits per heavy atom. The van der Waals surface area contributed by atoms with Gasteiger partial charge in [-0.2, -0.15) is 0 Å². The van der Waals surface area contributed by atoms with Crippen LogP contribution in [0.3, 0.4) is 0 Å². The van der Waals surface area contributed by atoms with Crippen molar-refractivity contribution in [2.45, 2.75) is 47.0 Å². The molecule has 1 aromatic heterocycles. The molecular formula is C16H30N2O2. The first-order valence-electron chi connectivity index (χ1n) is 7.56. The highest BCUT2D eigenvalue weighted by atomic mass is 16.5. The first kappa shape index (κ1) is 17.2. The summed E-state index contributed by atoms with van der Waals surface area (Å²) in [5.41, 5.74) is 0.304. The molecule has 0 aromatic carbocycles. The fourth-order valence-electron chi connectivity index (χ4n) is 1.83. The monoisotopic (exact) mass is 282 g/mol. The first-order valence-corrected chi connectivity index (χ1v) is 7.56. The summed E-state index contributed by atoms with van der Waals surface area (Å²) in [6.45, 7) is 11.7. The van der Waals surface area contributed by atoms with E-state index in [1.165, 1.54) is 0 Å². The highest BCUT2D eigenvalue weighted by Crippen LogP contribution is 2.28. The van der Waals surface area contributed by atoms with Crippen LogP contribution in [0.1, 0.15) is 45.8 Å². The van der Waals surface area contributed by atoms with E-state index < -0.39 is 0 Å². The van der Waals surface area contributed by atoms with E-state index >= 15 is 0 Å². The molecule has 1 atom stereocenters. The molecule has 116 valence electrons. The van der Waals surface area contributed by atoms with Crippen molar-refractivity contribution in [2.75, 3.05) is 26.8 Å². The zero-order valence-corrected chi connectivity index (χ0v) is 13.7. The van der Waals surface area contributed by atoms with E-state index in [-0.39, 0.29) is 0 Å². The number of aryl methyl sites for hydroxylation is 1. The van der Waals surface area contributed by atoms with Crippen molar-refractivity contribution in [3.05, 3.63) is 17.8 Å². The van der Waals surface area contributed by atoms with Gasteiger partial charge < -0.3 is 14.5 Å². The van der Waals surface area contributed by atoms with Crippen molar-refractivity contribution in [3.8, 4) is 0 Å². The smallest absolute Gasteiger partial charge is 0.194 e. The summed E-state index contributed by atoms with van der Waals surface area (Å²) in [6, 6.07) is 0. The predicted octanol–water partition coefficient (Wildman–Crippen LogP) is 3.07. The molecule has 0 radical (unpaired) electrons. The molecule has 0 fully saturated rings. The van der Waals surface area contributed by atoms with Crippen molar-refractivity contribution >= 4 is 0 Å². The van der Waals surface area contributed by atoms with Gasteiger partial charge in [0.1, 0.15) is 5.76 Å². The van der Waals surface area contributed by atoms with Gasteiger partial charge in [0.05, 0.1) is 12.8 Å². The summed E-state index contributed by atoms with van der Waals surface area (Å²) < 4.78 is 10.8. The molecule has 0 amide bonds. The van der Waals surface area contributed by atoms with Crippen LogP contribution in [-0.2, 0) is 17.6 Å². The number of oxazole rings is 1. The molecule has 4 nitrogen and oxygen atoms in total. The van der Waals surface area contributed by atoms with E-state index in [4.69, 9.17) is 9.15 Å². The Balaban J connectivity index is 2.26. The number of aromatic nitrogens is 1. The van der Waals surface area contributed by atoms with Gasteiger partial charge in [-0.15, -0.1) is 0 Å². The van der Waals surface area contributed by atoms with Gasteiger partial charge >= 0.3 is 0 Å². The van der Waals surface area contributed by atoms with E-state index in [2.05, 4.69) is 38.0 Å². The average molecular weight is 282 g/mol. The van der Waals surface area contributed by atoms with E-state index in [0.717, 1.165) is 50.6 Å². The molecule has 0 saturated carbocycles. The zero-order chi connectivity index (χ0) is 15.0. The van der Waals surface area contributed by atoms with Crippen molar-refractivity contribution in [1.82, 2.24) is 10.3 Å². The molecule has 1 N–H and O–H groups in total. The Hall–Kier alpha value is -0.870. The van der Waals surface area contributed by atoms with E-state index in [9.17, 15) is 0 Å². The van der Waals surface area contributed by atoms with E-state index in [0.29, 0.717) is 11.3 Å². The standard InChI is InChI=1S/C16H30N2O2/c1-13(16(2,3)4)11-14-12-18-15(20-14)7-6-8-17-9-10-19-5/h12-13,17H,6-11H2,1-5H3. The van der Waals surface area contributed by atoms with Crippen LogP contribution < -0.4 is 5.32 Å². The maximum atomic E-state index is 5.81. The molecule has 1 rings (SSSR count). The average Bonchev–Trinajstić information content (AvgIpc) is 2.80. The Morgan fingerprint density at radius 1 is 1.35 bits per heavy atom. The lowest BCUT2D eigenvalue weighted by molar-refractivity contribution is 0.199. The second-order valence-corrected chi connectivity index (χ2v) is 6.54. The van der Waals surface area contributed by atoms with Gasteiger partial charge in [-0.1, -0.05) is 27.7 Å². The lowest BCUT2D eigenvalue weighted by atomic mass is 9.80. The summed E-state index contributed by atoms with van der Waals surface area (Å²) in [5.74, 6) is 2.45. The Labute approximate surface area is 123 Å². The van der Waals surface area contributed by atoms with E-state index in [1.54, 1.807) is 7.11 Å². The molecule has 1 unspecified atom stereocenters. The Bertz CT molecular complexity index is 369. The number of nitrogens with one attached hydrogen (secondary N) is 1.